The van der Waals surface area contributed by atoms with E-state index in [1.165, 1.54) is 11.1 Å². The molecule has 1 N–H and O–H groups in total. The summed E-state index contributed by atoms with van der Waals surface area (Å²) in [5.41, 5.74) is 0.728. The average Bonchev–Trinajstić information content (AvgIpc) is 2.62. The fourth-order valence-corrected chi connectivity index (χ4v) is 2.27. The second-order valence-corrected chi connectivity index (χ2v) is 6.21. The molecule has 9 nitrogen and oxygen atoms in total. The van der Waals surface area contributed by atoms with E-state index in [0.29, 0.717) is 6.54 Å². The molecule has 1 aromatic heterocycles. The Balaban J connectivity index is 1.84. The van der Waals surface area contributed by atoms with Gasteiger partial charge in [-0.25, -0.2) is 4.79 Å². The van der Waals surface area contributed by atoms with E-state index in [-0.39, 0.29) is 5.91 Å². The monoisotopic (exact) mass is 374 g/mol. The highest BCUT2D eigenvalue weighted by molar-refractivity contribution is 5.80. The zero-order valence-electron chi connectivity index (χ0n) is 15.5. The lowest BCUT2D eigenvalue weighted by atomic mass is 10.2. The molecule has 1 aromatic carbocycles. The third kappa shape index (κ3) is 5.84. The highest BCUT2D eigenvalue weighted by Gasteiger charge is 2.13. The van der Waals surface area contributed by atoms with Crippen molar-refractivity contribution in [2.45, 2.75) is 13.1 Å². The normalized spacial score (nSPS) is 10.3. The van der Waals surface area contributed by atoms with Crippen LogP contribution < -0.4 is 16.1 Å². The Kier molecular flexibility index (Phi) is 6.53. The predicted molar refractivity (Wildman–Crippen MR) is 99.5 cm³/mol. The molecule has 2 rings (SSSR count). The third-order valence-corrected chi connectivity index (χ3v) is 3.85. The van der Waals surface area contributed by atoms with Crippen molar-refractivity contribution >= 4 is 17.6 Å². The summed E-state index contributed by atoms with van der Waals surface area (Å²) >= 11 is 0. The molecular formula is C18H22N4O5. The number of ether oxygens (including phenoxy) is 1. The molecule has 0 aliphatic carbocycles. The average molecular weight is 374 g/mol. The predicted octanol–water partition coefficient (Wildman–Crippen LogP) is -0.196. The Morgan fingerprint density at radius 2 is 1.74 bits per heavy atom. The summed E-state index contributed by atoms with van der Waals surface area (Å²) in [6.07, 6.45) is 1.19. The van der Waals surface area contributed by atoms with Crippen LogP contribution in [0, 0.1) is 0 Å². The summed E-state index contributed by atoms with van der Waals surface area (Å²) in [5, 5.41) is 0. The van der Waals surface area contributed by atoms with E-state index in [1.54, 1.807) is 7.05 Å². The van der Waals surface area contributed by atoms with Crippen LogP contribution in [0.3, 0.4) is 0 Å². The quantitative estimate of drug-likeness (QED) is 0.674. The molecule has 0 saturated carbocycles. The first-order valence-electron chi connectivity index (χ1n) is 8.22. The molecule has 0 fully saturated rings. The van der Waals surface area contributed by atoms with Crippen LogP contribution in [0.25, 0.3) is 0 Å². The molecule has 0 aliphatic heterocycles. The van der Waals surface area contributed by atoms with Crippen LogP contribution in [0.4, 0.5) is 5.69 Å². The molecule has 0 aliphatic rings. The Hall–Kier alpha value is -3.36. The van der Waals surface area contributed by atoms with Gasteiger partial charge < -0.3 is 14.5 Å². The maximum atomic E-state index is 12.1. The van der Waals surface area contributed by atoms with E-state index in [1.807, 2.05) is 48.2 Å². The van der Waals surface area contributed by atoms with Crippen LogP contribution in [0.2, 0.25) is 0 Å². The molecule has 0 unspecified atom stereocenters. The summed E-state index contributed by atoms with van der Waals surface area (Å²) in [7, 11) is 5.50. The molecule has 1 heterocycles. The van der Waals surface area contributed by atoms with E-state index in [0.717, 1.165) is 21.9 Å². The van der Waals surface area contributed by atoms with Crippen molar-refractivity contribution < 1.29 is 14.3 Å². The van der Waals surface area contributed by atoms with Gasteiger partial charge in [0.15, 0.2) is 6.61 Å². The zero-order valence-corrected chi connectivity index (χ0v) is 15.5. The van der Waals surface area contributed by atoms with Gasteiger partial charge in [0.05, 0.1) is 0 Å². The van der Waals surface area contributed by atoms with Crippen molar-refractivity contribution in [1.29, 1.82) is 0 Å². The first kappa shape index (κ1) is 20.0. The van der Waals surface area contributed by atoms with E-state index in [2.05, 4.69) is 0 Å². The number of nitrogens with zero attached hydrogens (tertiary/aromatic N) is 3. The lowest BCUT2D eigenvalue weighted by molar-refractivity contribution is -0.152. The van der Waals surface area contributed by atoms with Crippen LogP contribution in [0.15, 0.2) is 46.1 Å². The van der Waals surface area contributed by atoms with Gasteiger partial charge in [-0.3, -0.25) is 23.9 Å². The van der Waals surface area contributed by atoms with Gasteiger partial charge in [-0.1, -0.05) is 12.1 Å². The molecule has 144 valence electrons. The maximum absolute atomic E-state index is 12.1. The molecule has 2 aromatic rings. The molecular weight excluding hydrogens is 352 g/mol. The number of aromatic amines is 1. The van der Waals surface area contributed by atoms with Crippen LogP contribution in [-0.2, 0) is 27.4 Å². The van der Waals surface area contributed by atoms with Crippen LogP contribution >= 0.6 is 0 Å². The van der Waals surface area contributed by atoms with Crippen molar-refractivity contribution in [3.8, 4) is 0 Å². The highest BCUT2D eigenvalue weighted by atomic mass is 16.5. The Morgan fingerprint density at radius 1 is 1.07 bits per heavy atom. The second-order valence-electron chi connectivity index (χ2n) is 6.21. The highest BCUT2D eigenvalue weighted by Crippen LogP contribution is 2.13. The first-order valence-corrected chi connectivity index (χ1v) is 8.22. The summed E-state index contributed by atoms with van der Waals surface area (Å²) in [5.74, 6) is -1.12. The number of hydrogen-bond acceptors (Lipinski definition) is 6. The summed E-state index contributed by atoms with van der Waals surface area (Å²) in [4.78, 5) is 51.9. The largest absolute Gasteiger partial charge is 0.454 e. The van der Waals surface area contributed by atoms with E-state index in [4.69, 9.17) is 4.74 Å². The lowest BCUT2D eigenvalue weighted by Crippen LogP contribution is -2.34. The number of rotatable bonds is 7. The van der Waals surface area contributed by atoms with Crippen molar-refractivity contribution in [2.24, 2.45) is 0 Å². The SMILES string of the molecule is CN(Cc1ccc(N(C)C)cc1)C(=O)COC(=O)Cn1ccc(=O)[nH]c1=O. The number of amides is 1. The number of benzene rings is 1. The number of aromatic nitrogens is 2. The minimum Gasteiger partial charge on any atom is -0.454 e. The van der Waals surface area contributed by atoms with Gasteiger partial charge >= 0.3 is 11.7 Å². The first-order chi connectivity index (χ1) is 12.8. The number of carbonyl (C=O) groups is 2. The molecule has 27 heavy (non-hydrogen) atoms. The van der Waals surface area contributed by atoms with Crippen LogP contribution in [0.1, 0.15) is 5.56 Å². The van der Waals surface area contributed by atoms with E-state index in [9.17, 15) is 19.2 Å². The van der Waals surface area contributed by atoms with Crippen molar-refractivity contribution in [3.63, 3.8) is 0 Å². The van der Waals surface area contributed by atoms with E-state index < -0.39 is 30.4 Å². The molecule has 0 atom stereocenters. The smallest absolute Gasteiger partial charge is 0.328 e. The van der Waals surface area contributed by atoms with Gasteiger partial charge in [-0.2, -0.15) is 0 Å². The maximum Gasteiger partial charge on any atom is 0.328 e. The van der Waals surface area contributed by atoms with Crippen molar-refractivity contribution in [2.75, 3.05) is 32.6 Å². The van der Waals surface area contributed by atoms with Gasteiger partial charge in [-0.05, 0) is 17.7 Å². The summed E-state index contributed by atoms with van der Waals surface area (Å²) in [6.45, 7) is -0.439. The minimum absolute atomic E-state index is 0.367. The van der Waals surface area contributed by atoms with Gasteiger partial charge in [0.1, 0.15) is 6.54 Å². The molecule has 9 heteroatoms. The van der Waals surface area contributed by atoms with Gasteiger partial charge in [0.25, 0.3) is 11.5 Å². The fraction of sp³-hybridized carbons (Fsp3) is 0.333. The summed E-state index contributed by atoms with van der Waals surface area (Å²) < 4.78 is 5.90. The minimum atomic E-state index is -0.749. The van der Waals surface area contributed by atoms with Gasteiger partial charge in [-0.15, -0.1) is 0 Å². The summed E-state index contributed by atoms with van der Waals surface area (Å²) in [6, 6.07) is 8.88. The number of hydrogen-bond donors (Lipinski definition) is 1. The second kappa shape index (κ2) is 8.84. The molecule has 0 radical (unpaired) electrons. The Bertz CT molecular complexity index is 914. The number of nitrogens with one attached hydrogen (secondary N) is 1. The number of anilines is 1. The Labute approximate surface area is 155 Å². The lowest BCUT2D eigenvalue weighted by Gasteiger charge is -2.18. The van der Waals surface area contributed by atoms with Crippen LogP contribution in [0.5, 0.6) is 0 Å². The topological polar surface area (TPSA) is 105 Å². The molecule has 1 amide bonds. The van der Waals surface area contributed by atoms with Crippen LogP contribution in [-0.4, -0.2) is 54.1 Å². The fourth-order valence-electron chi connectivity index (χ4n) is 2.27. The standard InChI is InChI=1S/C18H22N4O5/c1-20(2)14-6-4-13(5-7-14)10-21(3)16(24)12-27-17(25)11-22-9-8-15(23)19-18(22)26/h4-9H,10-12H2,1-3H3,(H,19,23,26). The number of esters is 1. The van der Waals surface area contributed by atoms with E-state index >= 15 is 0 Å². The third-order valence-electron chi connectivity index (χ3n) is 3.85. The molecule has 0 spiro atoms. The van der Waals surface area contributed by atoms with Gasteiger partial charge in [0, 0.05) is 45.6 Å². The number of H-pyrrole nitrogens is 1. The molecule has 0 bridgehead atoms. The zero-order chi connectivity index (χ0) is 20.0. The van der Waals surface area contributed by atoms with Crippen molar-refractivity contribution in [1.82, 2.24) is 14.5 Å². The Morgan fingerprint density at radius 3 is 2.33 bits per heavy atom. The number of likely N-dealkylation sites (N-methyl/N-ethyl adjacent to an activating group) is 1. The van der Waals surface area contributed by atoms with Crippen molar-refractivity contribution in [3.05, 3.63) is 62.9 Å². The van der Waals surface area contributed by atoms with Gasteiger partial charge in [0.2, 0.25) is 0 Å². The number of carbonyl (C=O) groups excluding carboxylic acids is 2. The molecule has 0 saturated heterocycles.